The van der Waals surface area contributed by atoms with Gasteiger partial charge in [-0.05, 0) is 51.3 Å². The van der Waals surface area contributed by atoms with Gasteiger partial charge in [-0.25, -0.2) is 0 Å². The summed E-state index contributed by atoms with van der Waals surface area (Å²) in [4.78, 5) is 2.52. The fraction of sp³-hybridized carbons (Fsp3) is 0.600. The smallest absolute Gasteiger partial charge is 0.0516 e. The Kier molecular flexibility index (Phi) is 3.86. The van der Waals surface area contributed by atoms with E-state index < -0.39 is 0 Å². The second kappa shape index (κ2) is 4.95. The molecule has 2 N–H and O–H groups in total. The quantitative estimate of drug-likeness (QED) is 0.858. The molecule has 2 nitrogen and oxygen atoms in total. The van der Waals surface area contributed by atoms with E-state index in [4.69, 9.17) is 5.73 Å². The highest BCUT2D eigenvalue weighted by atomic mass is 79.9. The van der Waals surface area contributed by atoms with Gasteiger partial charge in [-0.15, -0.1) is 0 Å². The number of nitrogens with zero attached hydrogens (tertiary/aromatic N) is 1. The Morgan fingerprint density at radius 3 is 2.56 bits per heavy atom. The zero-order chi connectivity index (χ0) is 13.5. The standard InChI is InChI=1S/C15H23BrN2/c1-10-5-6-11(12(16)9-10)14-13(17)7-8-18(14)15(2,3)4/h5-6,9,13-14H,7-8,17H2,1-4H3. The van der Waals surface area contributed by atoms with Gasteiger partial charge in [0.2, 0.25) is 0 Å². The van der Waals surface area contributed by atoms with E-state index in [9.17, 15) is 0 Å². The van der Waals surface area contributed by atoms with E-state index in [0.29, 0.717) is 6.04 Å². The molecule has 0 aromatic heterocycles. The van der Waals surface area contributed by atoms with Crippen molar-refractivity contribution in [3.63, 3.8) is 0 Å². The maximum absolute atomic E-state index is 6.34. The Morgan fingerprint density at radius 1 is 1.33 bits per heavy atom. The summed E-state index contributed by atoms with van der Waals surface area (Å²) in [5.41, 5.74) is 9.10. The number of nitrogens with two attached hydrogens (primary N) is 1. The normalized spacial score (nSPS) is 25.7. The van der Waals surface area contributed by atoms with Gasteiger partial charge >= 0.3 is 0 Å². The lowest BCUT2D eigenvalue weighted by Crippen LogP contribution is -2.43. The van der Waals surface area contributed by atoms with Gasteiger partial charge in [0.15, 0.2) is 0 Å². The predicted molar refractivity (Wildman–Crippen MR) is 80.7 cm³/mol. The van der Waals surface area contributed by atoms with Crippen molar-refractivity contribution in [3.05, 3.63) is 33.8 Å². The first-order valence-corrected chi connectivity index (χ1v) is 7.38. The monoisotopic (exact) mass is 310 g/mol. The first-order valence-electron chi connectivity index (χ1n) is 6.59. The average Bonchev–Trinajstić information content (AvgIpc) is 2.60. The molecule has 1 aromatic carbocycles. The highest BCUT2D eigenvalue weighted by molar-refractivity contribution is 9.10. The van der Waals surface area contributed by atoms with Crippen molar-refractivity contribution in [1.82, 2.24) is 4.90 Å². The second-order valence-electron chi connectivity index (χ2n) is 6.29. The molecule has 3 heteroatoms. The first-order chi connectivity index (χ1) is 8.30. The van der Waals surface area contributed by atoms with Crippen LogP contribution in [0.15, 0.2) is 22.7 Å². The third kappa shape index (κ3) is 2.63. The van der Waals surface area contributed by atoms with E-state index in [2.05, 4.69) is 66.7 Å². The maximum Gasteiger partial charge on any atom is 0.0516 e. The molecular weight excluding hydrogens is 288 g/mol. The Hall–Kier alpha value is -0.380. The third-order valence-electron chi connectivity index (χ3n) is 3.78. The van der Waals surface area contributed by atoms with Gasteiger partial charge in [-0.1, -0.05) is 28.1 Å². The van der Waals surface area contributed by atoms with Gasteiger partial charge in [0.25, 0.3) is 0 Å². The summed E-state index contributed by atoms with van der Waals surface area (Å²) in [7, 11) is 0. The summed E-state index contributed by atoms with van der Waals surface area (Å²) in [6.07, 6.45) is 1.07. The van der Waals surface area contributed by atoms with Crippen molar-refractivity contribution >= 4 is 15.9 Å². The van der Waals surface area contributed by atoms with E-state index in [0.717, 1.165) is 13.0 Å². The van der Waals surface area contributed by atoms with E-state index >= 15 is 0 Å². The van der Waals surface area contributed by atoms with E-state index in [1.165, 1.54) is 15.6 Å². The molecule has 1 aliphatic heterocycles. The minimum absolute atomic E-state index is 0.156. The SMILES string of the molecule is Cc1ccc(C2C(N)CCN2C(C)(C)C)c(Br)c1. The van der Waals surface area contributed by atoms with Crippen molar-refractivity contribution in [2.45, 2.75) is 51.7 Å². The van der Waals surface area contributed by atoms with Crippen molar-refractivity contribution in [2.75, 3.05) is 6.54 Å². The summed E-state index contributed by atoms with van der Waals surface area (Å²) >= 11 is 3.70. The van der Waals surface area contributed by atoms with Crippen molar-refractivity contribution < 1.29 is 0 Å². The summed E-state index contributed by atoms with van der Waals surface area (Å²) in [6, 6.07) is 7.12. The number of hydrogen-bond donors (Lipinski definition) is 1. The van der Waals surface area contributed by atoms with Crippen LogP contribution in [0.4, 0.5) is 0 Å². The molecule has 1 aromatic rings. The maximum atomic E-state index is 6.34. The van der Waals surface area contributed by atoms with Crippen LogP contribution in [0.3, 0.4) is 0 Å². The number of likely N-dealkylation sites (tertiary alicyclic amines) is 1. The largest absolute Gasteiger partial charge is 0.326 e. The van der Waals surface area contributed by atoms with Crippen LogP contribution in [0.5, 0.6) is 0 Å². The van der Waals surface area contributed by atoms with Crippen LogP contribution < -0.4 is 5.73 Å². The first kappa shape index (κ1) is 14.0. The molecule has 1 saturated heterocycles. The molecular formula is C15H23BrN2. The summed E-state index contributed by atoms with van der Waals surface area (Å²) in [5, 5.41) is 0. The van der Waals surface area contributed by atoms with Gasteiger partial charge in [0.1, 0.15) is 0 Å². The lowest BCUT2D eigenvalue weighted by Gasteiger charge is -2.38. The molecule has 1 heterocycles. The molecule has 2 unspecified atom stereocenters. The van der Waals surface area contributed by atoms with E-state index in [1.807, 2.05) is 0 Å². The molecule has 2 atom stereocenters. The number of halogens is 1. The van der Waals surface area contributed by atoms with Crippen LogP contribution in [0, 0.1) is 6.92 Å². The number of benzene rings is 1. The number of rotatable bonds is 1. The molecule has 1 fully saturated rings. The molecule has 0 amide bonds. The van der Waals surface area contributed by atoms with Gasteiger partial charge in [-0.2, -0.15) is 0 Å². The van der Waals surface area contributed by atoms with E-state index in [1.54, 1.807) is 0 Å². The molecule has 2 rings (SSSR count). The van der Waals surface area contributed by atoms with Crippen LogP contribution in [0.25, 0.3) is 0 Å². The van der Waals surface area contributed by atoms with Crippen LogP contribution in [-0.2, 0) is 0 Å². The van der Waals surface area contributed by atoms with Crippen LogP contribution >= 0.6 is 15.9 Å². The fourth-order valence-corrected chi connectivity index (χ4v) is 3.57. The number of aryl methyl sites for hydroxylation is 1. The van der Waals surface area contributed by atoms with Gasteiger partial charge < -0.3 is 5.73 Å². The van der Waals surface area contributed by atoms with Crippen LogP contribution in [0.2, 0.25) is 0 Å². The van der Waals surface area contributed by atoms with Crippen LogP contribution in [-0.4, -0.2) is 23.0 Å². The van der Waals surface area contributed by atoms with Gasteiger partial charge in [0.05, 0.1) is 6.04 Å². The third-order valence-corrected chi connectivity index (χ3v) is 4.47. The molecule has 0 bridgehead atoms. The Labute approximate surface area is 119 Å². The van der Waals surface area contributed by atoms with Gasteiger partial charge in [-0.3, -0.25) is 4.90 Å². The second-order valence-corrected chi connectivity index (χ2v) is 7.14. The predicted octanol–water partition coefficient (Wildman–Crippen LogP) is 3.63. The zero-order valence-corrected chi connectivity index (χ0v) is 13.3. The lowest BCUT2D eigenvalue weighted by atomic mass is 9.96. The minimum atomic E-state index is 0.156. The minimum Gasteiger partial charge on any atom is -0.326 e. The molecule has 18 heavy (non-hydrogen) atoms. The Balaban J connectivity index is 2.40. The number of hydrogen-bond acceptors (Lipinski definition) is 2. The summed E-state index contributed by atoms with van der Waals surface area (Å²) in [6.45, 7) is 9.99. The lowest BCUT2D eigenvalue weighted by molar-refractivity contribution is 0.116. The topological polar surface area (TPSA) is 29.3 Å². The molecule has 0 saturated carbocycles. The van der Waals surface area contributed by atoms with Crippen molar-refractivity contribution in [3.8, 4) is 0 Å². The Morgan fingerprint density at radius 2 is 2.00 bits per heavy atom. The van der Waals surface area contributed by atoms with Crippen LogP contribution in [0.1, 0.15) is 44.4 Å². The zero-order valence-electron chi connectivity index (χ0n) is 11.7. The van der Waals surface area contributed by atoms with Gasteiger partial charge in [0, 0.05) is 22.6 Å². The molecule has 0 radical (unpaired) electrons. The molecule has 100 valence electrons. The fourth-order valence-electron chi connectivity index (χ4n) is 2.84. The highest BCUT2D eigenvalue weighted by Crippen LogP contribution is 2.39. The van der Waals surface area contributed by atoms with Crippen molar-refractivity contribution in [2.24, 2.45) is 5.73 Å². The molecule has 0 spiro atoms. The van der Waals surface area contributed by atoms with Crippen molar-refractivity contribution in [1.29, 1.82) is 0 Å². The summed E-state index contributed by atoms with van der Waals surface area (Å²) < 4.78 is 1.18. The molecule has 0 aliphatic carbocycles. The average molecular weight is 311 g/mol. The summed E-state index contributed by atoms with van der Waals surface area (Å²) in [5.74, 6) is 0. The highest BCUT2D eigenvalue weighted by Gasteiger charge is 2.39. The Bertz CT molecular complexity index is 437. The molecule has 1 aliphatic rings. The van der Waals surface area contributed by atoms with E-state index in [-0.39, 0.29) is 11.6 Å².